The topological polar surface area (TPSA) is 41.6 Å². The molecule has 0 bridgehead atoms. The minimum absolute atomic E-state index is 0.00785. The molecule has 1 N–H and O–H groups in total. The number of imidazole rings is 1. The molecule has 3 heteroatoms. The van der Waals surface area contributed by atoms with Gasteiger partial charge >= 0.3 is 0 Å². The quantitative estimate of drug-likeness (QED) is 0.571. The molecule has 0 atom stereocenters. The molecule has 0 amide bonds. The Labute approximate surface area is 173 Å². The van der Waals surface area contributed by atoms with Crippen LogP contribution in [-0.4, -0.2) is 15.0 Å². The molecule has 2 heterocycles. The van der Waals surface area contributed by atoms with Crippen LogP contribution in [0.5, 0.6) is 0 Å². The monoisotopic (exact) mass is 383 g/mol. The highest BCUT2D eigenvalue weighted by Crippen LogP contribution is 2.43. The Morgan fingerprint density at radius 1 is 1.00 bits per heavy atom. The Morgan fingerprint density at radius 3 is 2.28 bits per heavy atom. The van der Waals surface area contributed by atoms with Gasteiger partial charge in [0.25, 0.3) is 0 Å². The van der Waals surface area contributed by atoms with Crippen molar-refractivity contribution in [3.05, 3.63) is 101 Å². The second kappa shape index (κ2) is 6.84. The smallest absolute Gasteiger partial charge is 0.110 e. The number of rotatable bonds is 4. The van der Waals surface area contributed by atoms with Crippen molar-refractivity contribution in [2.75, 3.05) is 0 Å². The molecule has 4 rings (SSSR count). The lowest BCUT2D eigenvalue weighted by Crippen LogP contribution is -2.29. The van der Waals surface area contributed by atoms with E-state index in [1.54, 1.807) is 6.20 Å². The molecule has 0 saturated carbocycles. The van der Waals surface area contributed by atoms with E-state index in [-0.39, 0.29) is 10.8 Å². The van der Waals surface area contributed by atoms with Crippen LogP contribution in [0.4, 0.5) is 0 Å². The van der Waals surface area contributed by atoms with Crippen LogP contribution in [0.25, 0.3) is 5.57 Å². The molecule has 0 fully saturated rings. The maximum absolute atomic E-state index is 4.70. The lowest BCUT2D eigenvalue weighted by Gasteiger charge is -2.37. The normalized spacial score (nSPS) is 16.4. The summed E-state index contributed by atoms with van der Waals surface area (Å²) in [4.78, 5) is 12.1. The summed E-state index contributed by atoms with van der Waals surface area (Å²) in [6.07, 6.45) is 11.0. The van der Waals surface area contributed by atoms with Gasteiger partial charge in [-0.15, -0.1) is 0 Å². The molecule has 3 aromatic rings. The Hall–Kier alpha value is -2.94. The maximum Gasteiger partial charge on any atom is 0.110 e. The summed E-state index contributed by atoms with van der Waals surface area (Å²) in [5.41, 5.74) is 8.27. The Balaban J connectivity index is 1.68. The van der Waals surface area contributed by atoms with Crippen molar-refractivity contribution < 1.29 is 0 Å². The van der Waals surface area contributed by atoms with Crippen LogP contribution >= 0.6 is 0 Å². The summed E-state index contributed by atoms with van der Waals surface area (Å²) in [5, 5.41) is 0. The number of hydrogen-bond acceptors (Lipinski definition) is 2. The van der Waals surface area contributed by atoms with Crippen LogP contribution in [0.1, 0.15) is 67.0 Å². The summed E-state index contributed by atoms with van der Waals surface area (Å²) in [6.45, 7) is 15.7. The Morgan fingerprint density at radius 2 is 1.69 bits per heavy atom. The zero-order valence-corrected chi connectivity index (χ0v) is 18.0. The minimum atomic E-state index is 0.00785. The number of H-pyrrole nitrogens is 1. The zero-order valence-electron chi connectivity index (χ0n) is 18.0. The van der Waals surface area contributed by atoms with Crippen molar-refractivity contribution >= 4 is 5.57 Å². The van der Waals surface area contributed by atoms with E-state index < -0.39 is 0 Å². The number of aryl methyl sites for hydroxylation is 1. The number of aromatic nitrogens is 3. The van der Waals surface area contributed by atoms with Gasteiger partial charge in [-0.2, -0.15) is 0 Å². The van der Waals surface area contributed by atoms with Crippen LogP contribution in [0.2, 0.25) is 0 Å². The molecule has 0 unspecified atom stereocenters. The highest BCUT2D eigenvalue weighted by atomic mass is 14.9. The second-order valence-corrected chi connectivity index (χ2v) is 9.23. The van der Waals surface area contributed by atoms with Crippen LogP contribution < -0.4 is 0 Å². The molecule has 1 aliphatic rings. The predicted octanol–water partition coefficient (Wildman–Crippen LogP) is 5.89. The molecule has 1 aromatic carbocycles. The number of nitrogens with one attached hydrogen (secondary N) is 1. The van der Waals surface area contributed by atoms with E-state index in [4.69, 9.17) is 4.98 Å². The summed E-state index contributed by atoms with van der Waals surface area (Å²) in [5.74, 6) is 0.946. The largest absolute Gasteiger partial charge is 0.348 e. The molecule has 0 saturated heterocycles. The molecule has 1 aliphatic carbocycles. The van der Waals surface area contributed by atoms with Gasteiger partial charge in [-0.3, -0.25) is 4.98 Å². The first kappa shape index (κ1) is 19.4. The molecule has 148 valence electrons. The fourth-order valence-corrected chi connectivity index (χ4v) is 4.13. The highest BCUT2D eigenvalue weighted by molar-refractivity contribution is 5.79. The second-order valence-electron chi connectivity index (χ2n) is 9.23. The van der Waals surface area contributed by atoms with E-state index >= 15 is 0 Å². The minimum Gasteiger partial charge on any atom is -0.348 e. The third-order valence-electron chi connectivity index (χ3n) is 6.06. The van der Waals surface area contributed by atoms with Gasteiger partial charge in [-0.25, -0.2) is 4.98 Å². The van der Waals surface area contributed by atoms with Crippen molar-refractivity contribution in [2.45, 2.75) is 51.9 Å². The number of allylic oxidation sites excluding steroid dienone is 2. The molecule has 0 aliphatic heterocycles. The highest BCUT2D eigenvalue weighted by Gasteiger charge is 2.33. The first-order valence-corrected chi connectivity index (χ1v) is 10.2. The van der Waals surface area contributed by atoms with Crippen LogP contribution in [0, 0.1) is 6.92 Å². The number of fused-ring (bicyclic) bond motifs is 1. The summed E-state index contributed by atoms with van der Waals surface area (Å²) < 4.78 is 0. The van der Waals surface area contributed by atoms with E-state index in [2.05, 4.69) is 87.6 Å². The van der Waals surface area contributed by atoms with Crippen LogP contribution in [0.3, 0.4) is 0 Å². The number of benzene rings is 1. The van der Waals surface area contributed by atoms with Gasteiger partial charge in [0.15, 0.2) is 0 Å². The van der Waals surface area contributed by atoms with Gasteiger partial charge in [0, 0.05) is 41.4 Å². The number of nitrogens with zero attached hydrogens (tertiary/aromatic N) is 2. The lowest BCUT2D eigenvalue weighted by molar-refractivity contribution is 0.562. The lowest BCUT2D eigenvalue weighted by atomic mass is 9.67. The SMILES string of the molecule is C=C(c1ccc(Cc2ncc[nH]2)cn1)c1cc2c(cc1C)C(C)(C)C=CC2(C)C. The maximum atomic E-state index is 4.70. The molecule has 29 heavy (non-hydrogen) atoms. The fourth-order valence-electron chi connectivity index (χ4n) is 4.13. The number of aromatic amines is 1. The van der Waals surface area contributed by atoms with E-state index in [0.717, 1.165) is 29.1 Å². The summed E-state index contributed by atoms with van der Waals surface area (Å²) >= 11 is 0. The van der Waals surface area contributed by atoms with Crippen LogP contribution in [0.15, 0.2) is 61.6 Å². The third-order valence-corrected chi connectivity index (χ3v) is 6.06. The Bertz CT molecular complexity index is 1080. The molecular weight excluding hydrogens is 354 g/mol. The van der Waals surface area contributed by atoms with Crippen molar-refractivity contribution in [1.29, 1.82) is 0 Å². The Kier molecular flexibility index (Phi) is 4.57. The summed E-state index contributed by atoms with van der Waals surface area (Å²) in [7, 11) is 0. The standard InChI is InChI=1S/C26H29N3/c1-17-13-21-22(26(5,6)10-9-25(21,3)4)15-20(17)18(2)23-8-7-19(16-29-23)14-24-27-11-12-28-24/h7-13,15-16H,2,14H2,1,3-6H3,(H,27,28). The molecule has 0 radical (unpaired) electrons. The average molecular weight is 384 g/mol. The van der Waals surface area contributed by atoms with E-state index in [1.165, 1.54) is 22.3 Å². The van der Waals surface area contributed by atoms with Crippen molar-refractivity contribution in [2.24, 2.45) is 0 Å². The first-order chi connectivity index (χ1) is 13.7. The molecule has 3 nitrogen and oxygen atoms in total. The van der Waals surface area contributed by atoms with Crippen molar-refractivity contribution in [1.82, 2.24) is 15.0 Å². The average Bonchev–Trinajstić information content (AvgIpc) is 3.18. The summed E-state index contributed by atoms with van der Waals surface area (Å²) in [6, 6.07) is 8.84. The van der Waals surface area contributed by atoms with E-state index in [1.807, 2.05) is 12.4 Å². The predicted molar refractivity (Wildman–Crippen MR) is 120 cm³/mol. The van der Waals surface area contributed by atoms with E-state index in [9.17, 15) is 0 Å². The van der Waals surface area contributed by atoms with Gasteiger partial charge < -0.3 is 4.98 Å². The number of hydrogen-bond donors (Lipinski definition) is 1. The zero-order chi connectivity index (χ0) is 20.8. The van der Waals surface area contributed by atoms with Gasteiger partial charge in [0.2, 0.25) is 0 Å². The van der Waals surface area contributed by atoms with Gasteiger partial charge in [-0.1, -0.05) is 58.6 Å². The van der Waals surface area contributed by atoms with Crippen LogP contribution in [-0.2, 0) is 17.3 Å². The first-order valence-electron chi connectivity index (χ1n) is 10.2. The fraction of sp³-hybridized carbons (Fsp3) is 0.308. The van der Waals surface area contributed by atoms with Crippen molar-refractivity contribution in [3.8, 4) is 0 Å². The molecule has 0 spiro atoms. The van der Waals surface area contributed by atoms with Gasteiger partial charge in [0.05, 0.1) is 5.69 Å². The van der Waals surface area contributed by atoms with E-state index in [0.29, 0.717) is 0 Å². The third kappa shape index (κ3) is 3.57. The van der Waals surface area contributed by atoms with Gasteiger partial charge in [0.1, 0.15) is 5.82 Å². The van der Waals surface area contributed by atoms with Crippen molar-refractivity contribution in [3.63, 3.8) is 0 Å². The molecule has 2 aromatic heterocycles. The number of pyridine rings is 1. The molecular formula is C26H29N3. The van der Waals surface area contributed by atoms with Gasteiger partial charge in [-0.05, 0) is 46.9 Å².